The highest BCUT2D eigenvalue weighted by atomic mass is 35.5. The van der Waals surface area contributed by atoms with Crippen LogP contribution in [0.5, 0.6) is 0 Å². The molecule has 4 aromatic rings. The van der Waals surface area contributed by atoms with E-state index in [-0.39, 0.29) is 0 Å². The fourth-order valence-electron chi connectivity index (χ4n) is 3.68. The maximum atomic E-state index is 10.1. The summed E-state index contributed by atoms with van der Waals surface area (Å²) < 4.78 is 1.70. The zero-order valence-corrected chi connectivity index (χ0v) is 19.4. The standard InChI is InChI=1S/C25H26ClN5O/c1-15-5-7-17(8-6-15)23-20(18-9-16(2)29-22(26)10-18)11-21(24(27)30-23)19-12-28-31(13-19)14-25(3,4)32/h5-13,32H,14H2,1-4H3,(H2,27,30). The molecule has 3 heterocycles. The van der Waals surface area contributed by atoms with Crippen LogP contribution in [0.15, 0.2) is 54.9 Å². The number of nitrogens with zero attached hydrogens (tertiary/aromatic N) is 4. The molecule has 0 unspecified atom stereocenters. The van der Waals surface area contributed by atoms with E-state index in [2.05, 4.69) is 22.2 Å². The predicted octanol–water partition coefficient (Wildman–Crippen LogP) is 5.30. The maximum Gasteiger partial charge on any atom is 0.132 e. The van der Waals surface area contributed by atoms with Gasteiger partial charge in [-0.2, -0.15) is 5.10 Å². The molecule has 0 radical (unpaired) electrons. The summed E-state index contributed by atoms with van der Waals surface area (Å²) in [5.41, 5.74) is 12.7. The first-order chi connectivity index (χ1) is 15.1. The van der Waals surface area contributed by atoms with Crippen LogP contribution >= 0.6 is 11.6 Å². The fourth-order valence-corrected chi connectivity index (χ4v) is 3.93. The SMILES string of the molecule is Cc1ccc(-c2nc(N)c(-c3cnn(CC(C)(C)O)c3)cc2-c2cc(C)nc(Cl)c2)cc1. The van der Waals surface area contributed by atoms with Crippen LogP contribution in [0.4, 0.5) is 5.82 Å². The van der Waals surface area contributed by atoms with Crippen molar-refractivity contribution >= 4 is 17.4 Å². The van der Waals surface area contributed by atoms with Crippen molar-refractivity contribution in [2.24, 2.45) is 0 Å². The second-order valence-corrected chi connectivity index (χ2v) is 9.13. The number of pyridine rings is 2. The van der Waals surface area contributed by atoms with E-state index >= 15 is 0 Å². The van der Waals surface area contributed by atoms with Crippen molar-refractivity contribution in [3.05, 3.63) is 71.3 Å². The summed E-state index contributed by atoms with van der Waals surface area (Å²) in [6.07, 6.45) is 3.60. The molecule has 7 heteroatoms. The molecule has 164 valence electrons. The molecule has 0 saturated carbocycles. The van der Waals surface area contributed by atoms with E-state index in [1.165, 1.54) is 5.56 Å². The molecule has 0 saturated heterocycles. The zero-order valence-electron chi connectivity index (χ0n) is 18.6. The average molecular weight is 448 g/mol. The van der Waals surface area contributed by atoms with Crippen molar-refractivity contribution in [3.8, 4) is 33.5 Å². The number of hydrogen-bond acceptors (Lipinski definition) is 5. The molecule has 32 heavy (non-hydrogen) atoms. The van der Waals surface area contributed by atoms with E-state index in [9.17, 15) is 5.11 Å². The molecule has 3 N–H and O–H groups in total. The number of hydrogen-bond donors (Lipinski definition) is 2. The highest BCUT2D eigenvalue weighted by Gasteiger charge is 2.18. The van der Waals surface area contributed by atoms with Gasteiger partial charge >= 0.3 is 0 Å². The topological polar surface area (TPSA) is 89.8 Å². The molecule has 0 aliphatic carbocycles. The molecule has 3 aromatic heterocycles. The third-order valence-corrected chi connectivity index (χ3v) is 5.30. The van der Waals surface area contributed by atoms with Gasteiger partial charge in [0.2, 0.25) is 0 Å². The van der Waals surface area contributed by atoms with Gasteiger partial charge in [-0.25, -0.2) is 9.97 Å². The lowest BCUT2D eigenvalue weighted by Gasteiger charge is -2.16. The van der Waals surface area contributed by atoms with Crippen molar-refractivity contribution in [3.63, 3.8) is 0 Å². The Morgan fingerprint density at radius 2 is 1.69 bits per heavy atom. The van der Waals surface area contributed by atoms with Gasteiger partial charge in [0.15, 0.2) is 0 Å². The van der Waals surface area contributed by atoms with Gasteiger partial charge in [-0.05, 0) is 51.5 Å². The minimum Gasteiger partial charge on any atom is -0.389 e. The van der Waals surface area contributed by atoms with Crippen LogP contribution in [0.25, 0.3) is 33.5 Å². The van der Waals surface area contributed by atoms with E-state index in [0.29, 0.717) is 17.5 Å². The molecular formula is C25H26ClN5O. The summed E-state index contributed by atoms with van der Waals surface area (Å²) in [6.45, 7) is 7.82. The summed E-state index contributed by atoms with van der Waals surface area (Å²) in [6, 6.07) is 14.0. The van der Waals surface area contributed by atoms with Gasteiger partial charge in [0, 0.05) is 34.1 Å². The third kappa shape index (κ3) is 4.82. The molecule has 6 nitrogen and oxygen atoms in total. The second-order valence-electron chi connectivity index (χ2n) is 8.74. The Balaban J connectivity index is 1.89. The lowest BCUT2D eigenvalue weighted by atomic mass is 9.96. The maximum absolute atomic E-state index is 10.1. The predicted molar refractivity (Wildman–Crippen MR) is 129 cm³/mol. The molecule has 0 aliphatic heterocycles. The van der Waals surface area contributed by atoms with Crippen LogP contribution < -0.4 is 5.73 Å². The van der Waals surface area contributed by atoms with Gasteiger partial charge in [0.25, 0.3) is 0 Å². The first kappa shape index (κ1) is 22.0. The number of aromatic nitrogens is 4. The minimum absolute atomic E-state index is 0.369. The fraction of sp³-hybridized carbons (Fsp3) is 0.240. The summed E-state index contributed by atoms with van der Waals surface area (Å²) in [5.74, 6) is 0.406. The van der Waals surface area contributed by atoms with Crippen molar-refractivity contribution in [1.29, 1.82) is 0 Å². The van der Waals surface area contributed by atoms with Crippen LogP contribution in [0.3, 0.4) is 0 Å². The van der Waals surface area contributed by atoms with Gasteiger partial charge < -0.3 is 10.8 Å². The number of aryl methyl sites for hydroxylation is 2. The number of halogens is 1. The quantitative estimate of drug-likeness (QED) is 0.405. The van der Waals surface area contributed by atoms with Crippen LogP contribution in [0, 0.1) is 13.8 Å². The minimum atomic E-state index is -0.876. The van der Waals surface area contributed by atoms with Crippen molar-refractivity contribution < 1.29 is 5.11 Å². The van der Waals surface area contributed by atoms with Crippen LogP contribution in [0.2, 0.25) is 5.15 Å². The number of rotatable bonds is 5. The van der Waals surface area contributed by atoms with Gasteiger partial charge in [0.1, 0.15) is 11.0 Å². The van der Waals surface area contributed by atoms with Gasteiger partial charge in [-0.3, -0.25) is 4.68 Å². The van der Waals surface area contributed by atoms with E-state index in [0.717, 1.165) is 39.2 Å². The second kappa shape index (κ2) is 8.37. The summed E-state index contributed by atoms with van der Waals surface area (Å²) in [7, 11) is 0. The normalized spacial score (nSPS) is 11.7. The lowest BCUT2D eigenvalue weighted by molar-refractivity contribution is 0.0577. The van der Waals surface area contributed by atoms with Crippen molar-refractivity contribution in [2.45, 2.75) is 39.8 Å². The molecule has 0 spiro atoms. The van der Waals surface area contributed by atoms with Crippen LogP contribution in [0.1, 0.15) is 25.1 Å². The highest BCUT2D eigenvalue weighted by molar-refractivity contribution is 6.29. The highest BCUT2D eigenvalue weighted by Crippen LogP contribution is 2.37. The first-order valence-electron chi connectivity index (χ1n) is 10.4. The Morgan fingerprint density at radius 3 is 2.34 bits per heavy atom. The Hall–Kier alpha value is -3.22. The lowest BCUT2D eigenvalue weighted by Crippen LogP contribution is -2.26. The Bertz CT molecular complexity index is 1250. The van der Waals surface area contributed by atoms with E-state index < -0.39 is 5.60 Å². The van der Waals surface area contributed by atoms with Crippen LogP contribution in [-0.2, 0) is 6.54 Å². The van der Waals surface area contributed by atoms with Gasteiger partial charge in [0.05, 0.1) is 24.0 Å². The smallest absolute Gasteiger partial charge is 0.132 e. The number of nitrogens with two attached hydrogens (primary N) is 1. The Labute approximate surface area is 192 Å². The molecule has 1 aromatic carbocycles. The molecule has 0 fully saturated rings. The summed E-state index contributed by atoms with van der Waals surface area (Å²) >= 11 is 6.28. The zero-order chi connectivity index (χ0) is 23.0. The summed E-state index contributed by atoms with van der Waals surface area (Å²) in [4.78, 5) is 9.09. The average Bonchev–Trinajstić information content (AvgIpc) is 3.14. The number of anilines is 1. The van der Waals surface area contributed by atoms with Crippen molar-refractivity contribution in [2.75, 3.05) is 5.73 Å². The van der Waals surface area contributed by atoms with E-state index in [1.54, 1.807) is 24.7 Å². The Morgan fingerprint density at radius 1 is 0.969 bits per heavy atom. The number of nitrogen functional groups attached to an aromatic ring is 1. The van der Waals surface area contributed by atoms with Gasteiger partial charge in [-0.1, -0.05) is 41.4 Å². The summed E-state index contributed by atoms with van der Waals surface area (Å²) in [5, 5.41) is 14.9. The first-order valence-corrected chi connectivity index (χ1v) is 10.7. The molecule has 0 bridgehead atoms. The molecule has 0 aliphatic rings. The van der Waals surface area contributed by atoms with Gasteiger partial charge in [-0.15, -0.1) is 0 Å². The molecule has 0 atom stereocenters. The van der Waals surface area contributed by atoms with Crippen LogP contribution in [-0.4, -0.2) is 30.5 Å². The molecular weight excluding hydrogens is 422 g/mol. The number of benzene rings is 1. The van der Waals surface area contributed by atoms with Crippen molar-refractivity contribution in [1.82, 2.24) is 19.7 Å². The van der Waals surface area contributed by atoms with E-state index in [4.69, 9.17) is 22.3 Å². The Kier molecular flexibility index (Phi) is 5.75. The third-order valence-electron chi connectivity index (χ3n) is 5.10. The molecule has 0 amide bonds. The monoisotopic (exact) mass is 447 g/mol. The van der Waals surface area contributed by atoms with E-state index in [1.807, 2.05) is 50.4 Å². The molecule has 4 rings (SSSR count). The largest absolute Gasteiger partial charge is 0.389 e. The number of aliphatic hydroxyl groups is 1.